The highest BCUT2D eigenvalue weighted by Gasteiger charge is 1.93. The van der Waals surface area contributed by atoms with Gasteiger partial charge in [-0.25, -0.2) is 0 Å². The molecule has 0 aromatic heterocycles. The van der Waals surface area contributed by atoms with E-state index in [1.54, 1.807) is 0 Å². The van der Waals surface area contributed by atoms with Gasteiger partial charge in [-0.1, -0.05) is 32.8 Å². The lowest BCUT2D eigenvalue weighted by atomic mass is 10.1. The van der Waals surface area contributed by atoms with Crippen LogP contribution in [-0.4, -0.2) is 5.97 Å². The second kappa shape index (κ2) is 5.96. The summed E-state index contributed by atoms with van der Waals surface area (Å²) in [5.41, 5.74) is 0.223. The minimum Gasteiger partial charge on any atom is -0.545 e. The van der Waals surface area contributed by atoms with Crippen LogP contribution >= 0.6 is 0 Å². The maximum Gasteiger partial charge on any atom is 0.0668 e. The molecule has 0 aromatic rings. The Kier molecular flexibility index (Phi) is 5.53. The molecule has 2 nitrogen and oxygen atoms in total. The summed E-state index contributed by atoms with van der Waals surface area (Å²) >= 11 is 0. The van der Waals surface area contributed by atoms with Gasteiger partial charge in [0.05, 0.1) is 5.97 Å². The van der Waals surface area contributed by atoms with E-state index in [2.05, 4.69) is 13.5 Å². The second-order valence-electron chi connectivity index (χ2n) is 2.70. The minimum absolute atomic E-state index is 0.223. The minimum atomic E-state index is -1.11. The molecular formula is C9H15O2-. The first-order valence-electron chi connectivity index (χ1n) is 4.07. The molecule has 0 rings (SSSR count). The zero-order valence-corrected chi connectivity index (χ0v) is 7.06. The average Bonchev–Trinajstić information content (AvgIpc) is 1.97. The molecule has 0 spiro atoms. The van der Waals surface area contributed by atoms with Crippen molar-refractivity contribution in [2.45, 2.75) is 39.0 Å². The highest BCUT2D eigenvalue weighted by atomic mass is 16.4. The van der Waals surface area contributed by atoms with Crippen molar-refractivity contribution in [3.8, 4) is 0 Å². The number of carbonyl (C=O) groups excluding carboxylic acids is 1. The number of rotatable bonds is 6. The summed E-state index contributed by atoms with van der Waals surface area (Å²) in [4.78, 5) is 10.2. The summed E-state index contributed by atoms with van der Waals surface area (Å²) in [5, 5.41) is 10.2. The second-order valence-corrected chi connectivity index (χ2v) is 2.70. The standard InChI is InChI=1S/C9H16O2/c1-3-4-5-6-7-8(2)9(10)11/h2-7H2,1H3,(H,10,11)/p-1. The number of aliphatic carboxylic acids is 1. The van der Waals surface area contributed by atoms with Crippen LogP contribution in [0.2, 0.25) is 0 Å². The molecule has 0 N–H and O–H groups in total. The molecule has 0 radical (unpaired) electrons. The molecule has 0 aliphatic rings. The van der Waals surface area contributed by atoms with Gasteiger partial charge in [0, 0.05) is 0 Å². The van der Waals surface area contributed by atoms with Gasteiger partial charge in [0.15, 0.2) is 0 Å². The lowest BCUT2D eigenvalue weighted by Gasteiger charge is -2.04. The van der Waals surface area contributed by atoms with Crippen LogP contribution in [0.25, 0.3) is 0 Å². The Morgan fingerprint density at radius 3 is 2.45 bits per heavy atom. The third kappa shape index (κ3) is 5.64. The molecular weight excluding hydrogens is 140 g/mol. The quantitative estimate of drug-likeness (QED) is 0.428. The fraction of sp³-hybridized carbons (Fsp3) is 0.667. The molecule has 0 atom stereocenters. The maximum atomic E-state index is 10.2. The van der Waals surface area contributed by atoms with Crippen molar-refractivity contribution in [1.82, 2.24) is 0 Å². The van der Waals surface area contributed by atoms with Gasteiger partial charge in [0.2, 0.25) is 0 Å². The van der Waals surface area contributed by atoms with Gasteiger partial charge in [-0.15, -0.1) is 0 Å². The zero-order valence-electron chi connectivity index (χ0n) is 7.06. The van der Waals surface area contributed by atoms with Crippen LogP contribution in [0.5, 0.6) is 0 Å². The van der Waals surface area contributed by atoms with E-state index in [4.69, 9.17) is 0 Å². The zero-order chi connectivity index (χ0) is 8.69. The van der Waals surface area contributed by atoms with Gasteiger partial charge in [-0.2, -0.15) is 0 Å². The fourth-order valence-corrected chi connectivity index (χ4v) is 0.867. The molecule has 0 bridgehead atoms. The Hall–Kier alpha value is -0.790. The number of carbonyl (C=O) groups is 1. The maximum absolute atomic E-state index is 10.2. The first kappa shape index (κ1) is 10.2. The van der Waals surface area contributed by atoms with Crippen molar-refractivity contribution in [2.24, 2.45) is 0 Å². The van der Waals surface area contributed by atoms with Crippen molar-refractivity contribution in [3.63, 3.8) is 0 Å². The van der Waals surface area contributed by atoms with Gasteiger partial charge in [-0.05, 0) is 18.4 Å². The molecule has 0 heterocycles. The molecule has 0 aliphatic carbocycles. The Bertz CT molecular complexity index is 138. The first-order chi connectivity index (χ1) is 5.18. The molecule has 0 aliphatic heterocycles. The summed E-state index contributed by atoms with van der Waals surface area (Å²) in [7, 11) is 0. The van der Waals surface area contributed by atoms with E-state index in [0.717, 1.165) is 19.3 Å². The molecule has 0 amide bonds. The van der Waals surface area contributed by atoms with Crippen molar-refractivity contribution < 1.29 is 9.90 Å². The molecule has 0 aromatic carbocycles. The number of hydrogen-bond acceptors (Lipinski definition) is 2. The lowest BCUT2D eigenvalue weighted by molar-refractivity contribution is -0.299. The third-order valence-electron chi connectivity index (χ3n) is 1.62. The predicted octanol–water partition coefficient (Wildman–Crippen LogP) is 1.26. The summed E-state index contributed by atoms with van der Waals surface area (Å²) in [6.45, 7) is 5.51. The number of carboxylic acids is 1. The SMILES string of the molecule is C=C(CCCCCC)C(=O)[O-]. The average molecular weight is 155 g/mol. The largest absolute Gasteiger partial charge is 0.545 e. The van der Waals surface area contributed by atoms with Crippen LogP contribution in [0.1, 0.15) is 39.0 Å². The Morgan fingerprint density at radius 2 is 2.00 bits per heavy atom. The number of unbranched alkanes of at least 4 members (excludes halogenated alkanes) is 3. The van der Waals surface area contributed by atoms with Crippen LogP contribution in [0.4, 0.5) is 0 Å². The summed E-state index contributed by atoms with van der Waals surface area (Å²) in [5.74, 6) is -1.11. The van der Waals surface area contributed by atoms with Crippen LogP contribution in [0, 0.1) is 0 Å². The molecule has 64 valence electrons. The number of carboxylic acid groups (broad SMARTS) is 1. The van der Waals surface area contributed by atoms with E-state index in [0.29, 0.717) is 6.42 Å². The Balaban J connectivity index is 3.25. The van der Waals surface area contributed by atoms with E-state index in [1.807, 2.05) is 0 Å². The van der Waals surface area contributed by atoms with E-state index in [-0.39, 0.29) is 5.57 Å². The molecule has 0 saturated heterocycles. The smallest absolute Gasteiger partial charge is 0.0668 e. The van der Waals surface area contributed by atoms with E-state index < -0.39 is 5.97 Å². The molecule has 2 heteroatoms. The van der Waals surface area contributed by atoms with Gasteiger partial charge in [-0.3, -0.25) is 0 Å². The molecule has 0 saturated carbocycles. The van der Waals surface area contributed by atoms with E-state index >= 15 is 0 Å². The van der Waals surface area contributed by atoms with Gasteiger partial charge in [0.1, 0.15) is 0 Å². The highest BCUT2D eigenvalue weighted by molar-refractivity contribution is 5.83. The fourth-order valence-electron chi connectivity index (χ4n) is 0.867. The third-order valence-corrected chi connectivity index (χ3v) is 1.62. The normalized spacial score (nSPS) is 9.55. The Labute approximate surface area is 67.9 Å². The van der Waals surface area contributed by atoms with Crippen molar-refractivity contribution >= 4 is 5.97 Å². The predicted molar refractivity (Wildman–Crippen MR) is 42.9 cm³/mol. The van der Waals surface area contributed by atoms with Crippen molar-refractivity contribution in [1.29, 1.82) is 0 Å². The first-order valence-corrected chi connectivity index (χ1v) is 4.07. The van der Waals surface area contributed by atoms with Crippen LogP contribution in [0.15, 0.2) is 12.2 Å². The molecule has 11 heavy (non-hydrogen) atoms. The molecule has 0 unspecified atom stereocenters. The lowest BCUT2D eigenvalue weighted by Crippen LogP contribution is -2.23. The monoisotopic (exact) mass is 155 g/mol. The van der Waals surface area contributed by atoms with Crippen LogP contribution < -0.4 is 5.11 Å². The number of hydrogen-bond donors (Lipinski definition) is 0. The van der Waals surface area contributed by atoms with Crippen molar-refractivity contribution in [2.75, 3.05) is 0 Å². The topological polar surface area (TPSA) is 40.1 Å². The van der Waals surface area contributed by atoms with Crippen molar-refractivity contribution in [3.05, 3.63) is 12.2 Å². The summed E-state index contributed by atoms with van der Waals surface area (Å²) in [6.07, 6.45) is 4.91. The summed E-state index contributed by atoms with van der Waals surface area (Å²) < 4.78 is 0. The van der Waals surface area contributed by atoms with Crippen LogP contribution in [-0.2, 0) is 4.79 Å². The van der Waals surface area contributed by atoms with Gasteiger partial charge >= 0.3 is 0 Å². The molecule has 0 fully saturated rings. The van der Waals surface area contributed by atoms with E-state index in [9.17, 15) is 9.90 Å². The Morgan fingerprint density at radius 1 is 1.36 bits per heavy atom. The highest BCUT2D eigenvalue weighted by Crippen LogP contribution is 2.07. The van der Waals surface area contributed by atoms with E-state index in [1.165, 1.54) is 6.42 Å². The van der Waals surface area contributed by atoms with Gasteiger partial charge in [0.25, 0.3) is 0 Å². The van der Waals surface area contributed by atoms with Gasteiger partial charge < -0.3 is 9.90 Å². The summed E-state index contributed by atoms with van der Waals surface area (Å²) in [6, 6.07) is 0. The van der Waals surface area contributed by atoms with Crippen LogP contribution in [0.3, 0.4) is 0 Å².